The second kappa shape index (κ2) is 7.55. The minimum atomic E-state index is -0.167. The van der Waals surface area contributed by atoms with Gasteiger partial charge in [0.05, 0.1) is 17.8 Å². The van der Waals surface area contributed by atoms with Crippen molar-refractivity contribution < 1.29 is 9.21 Å². The summed E-state index contributed by atoms with van der Waals surface area (Å²) in [6.07, 6.45) is 0.141. The Balaban J connectivity index is 1.44. The molecule has 1 amide bonds. The molecule has 0 saturated carbocycles. The lowest BCUT2D eigenvalue weighted by Gasteiger charge is -2.00. The molecule has 0 aliphatic carbocycles. The standard InChI is InChI=1S/C21H17N3O2S/c1-14-17(22-20(26-14)16-10-6-3-7-11-16)12-19(25)24-21-23-18(13-27-21)15-8-4-2-5-9-15/h2-11,13H,12H2,1H3,(H,23,24,25). The van der Waals surface area contributed by atoms with Crippen molar-refractivity contribution in [3.63, 3.8) is 0 Å². The Kier molecular flexibility index (Phi) is 4.80. The molecule has 2 aromatic carbocycles. The van der Waals surface area contributed by atoms with Crippen LogP contribution in [0.3, 0.4) is 0 Å². The van der Waals surface area contributed by atoms with E-state index < -0.39 is 0 Å². The van der Waals surface area contributed by atoms with E-state index in [1.165, 1.54) is 11.3 Å². The molecular weight excluding hydrogens is 358 g/mol. The van der Waals surface area contributed by atoms with Gasteiger partial charge >= 0.3 is 0 Å². The number of carbonyl (C=O) groups excluding carboxylic acids is 1. The number of aryl methyl sites for hydroxylation is 1. The highest BCUT2D eigenvalue weighted by Crippen LogP contribution is 2.25. The number of nitrogens with zero attached hydrogens (tertiary/aromatic N) is 2. The summed E-state index contributed by atoms with van der Waals surface area (Å²) in [7, 11) is 0. The molecule has 4 aromatic rings. The number of hydrogen-bond donors (Lipinski definition) is 1. The topological polar surface area (TPSA) is 68.0 Å². The zero-order valence-corrected chi connectivity index (χ0v) is 15.5. The minimum Gasteiger partial charge on any atom is -0.441 e. The molecule has 0 bridgehead atoms. The van der Waals surface area contributed by atoms with Crippen LogP contribution in [-0.4, -0.2) is 15.9 Å². The Morgan fingerprint density at radius 1 is 1.00 bits per heavy atom. The molecule has 0 atom stereocenters. The maximum absolute atomic E-state index is 12.4. The molecule has 2 aromatic heterocycles. The minimum absolute atomic E-state index is 0.141. The molecule has 0 spiro atoms. The van der Waals surface area contributed by atoms with Crippen LogP contribution in [0.2, 0.25) is 0 Å². The fourth-order valence-corrected chi connectivity index (χ4v) is 3.42. The normalized spacial score (nSPS) is 10.7. The third-order valence-electron chi connectivity index (χ3n) is 4.06. The summed E-state index contributed by atoms with van der Waals surface area (Å²) < 4.78 is 5.71. The van der Waals surface area contributed by atoms with Gasteiger partial charge in [0.15, 0.2) is 5.13 Å². The first-order valence-corrected chi connectivity index (χ1v) is 9.39. The summed E-state index contributed by atoms with van der Waals surface area (Å²) >= 11 is 1.40. The Bertz CT molecular complexity index is 1060. The Labute approximate surface area is 160 Å². The third kappa shape index (κ3) is 3.96. The second-order valence-electron chi connectivity index (χ2n) is 6.02. The van der Waals surface area contributed by atoms with Gasteiger partial charge in [-0.25, -0.2) is 9.97 Å². The number of nitrogens with one attached hydrogen (secondary N) is 1. The van der Waals surface area contributed by atoms with E-state index in [4.69, 9.17) is 4.42 Å². The number of aromatic nitrogens is 2. The van der Waals surface area contributed by atoms with Crippen molar-refractivity contribution in [3.05, 3.63) is 77.5 Å². The van der Waals surface area contributed by atoms with Crippen LogP contribution in [-0.2, 0) is 11.2 Å². The second-order valence-corrected chi connectivity index (χ2v) is 6.87. The maximum Gasteiger partial charge on any atom is 0.232 e. The first kappa shape index (κ1) is 17.2. The number of rotatable bonds is 5. The summed E-state index contributed by atoms with van der Waals surface area (Å²) in [6, 6.07) is 19.5. The number of benzene rings is 2. The number of hydrogen-bond acceptors (Lipinski definition) is 5. The van der Waals surface area contributed by atoms with Crippen LogP contribution in [0, 0.1) is 6.92 Å². The van der Waals surface area contributed by atoms with Crippen LogP contribution in [0.1, 0.15) is 11.5 Å². The Hall–Kier alpha value is -3.25. The predicted molar refractivity (Wildman–Crippen MR) is 107 cm³/mol. The zero-order chi connectivity index (χ0) is 18.6. The lowest BCUT2D eigenvalue weighted by Crippen LogP contribution is -2.15. The fraction of sp³-hybridized carbons (Fsp3) is 0.0952. The summed E-state index contributed by atoms with van der Waals surface area (Å²) in [4.78, 5) is 21.3. The van der Waals surface area contributed by atoms with E-state index in [1.807, 2.05) is 73.0 Å². The van der Waals surface area contributed by atoms with E-state index in [9.17, 15) is 4.79 Å². The first-order valence-electron chi connectivity index (χ1n) is 8.51. The van der Waals surface area contributed by atoms with Crippen LogP contribution < -0.4 is 5.32 Å². The molecule has 5 nitrogen and oxygen atoms in total. The summed E-state index contributed by atoms with van der Waals surface area (Å²) in [5, 5.41) is 5.35. The number of anilines is 1. The molecule has 0 aliphatic rings. The van der Waals surface area contributed by atoms with Crippen LogP contribution in [0.4, 0.5) is 5.13 Å². The van der Waals surface area contributed by atoms with Gasteiger partial charge in [0.1, 0.15) is 5.76 Å². The van der Waals surface area contributed by atoms with Crippen LogP contribution in [0.5, 0.6) is 0 Å². The molecule has 1 N–H and O–H groups in total. The summed E-state index contributed by atoms with van der Waals surface area (Å²) in [6.45, 7) is 1.82. The van der Waals surface area contributed by atoms with E-state index in [0.717, 1.165) is 16.8 Å². The van der Waals surface area contributed by atoms with E-state index in [0.29, 0.717) is 22.5 Å². The maximum atomic E-state index is 12.4. The average molecular weight is 375 g/mol. The Morgan fingerprint density at radius 2 is 1.67 bits per heavy atom. The molecule has 2 heterocycles. The molecule has 134 valence electrons. The number of amides is 1. The monoisotopic (exact) mass is 375 g/mol. The van der Waals surface area contributed by atoms with Gasteiger partial charge < -0.3 is 9.73 Å². The van der Waals surface area contributed by atoms with E-state index in [2.05, 4.69) is 15.3 Å². The molecule has 0 radical (unpaired) electrons. The molecular formula is C21H17N3O2S. The van der Waals surface area contributed by atoms with Gasteiger partial charge in [-0.1, -0.05) is 48.5 Å². The van der Waals surface area contributed by atoms with Gasteiger partial charge in [0, 0.05) is 16.5 Å². The fourth-order valence-electron chi connectivity index (χ4n) is 2.68. The molecule has 27 heavy (non-hydrogen) atoms. The number of carbonyl (C=O) groups is 1. The first-order chi connectivity index (χ1) is 13.2. The third-order valence-corrected chi connectivity index (χ3v) is 4.82. The van der Waals surface area contributed by atoms with Gasteiger partial charge in [-0.3, -0.25) is 4.79 Å². The zero-order valence-electron chi connectivity index (χ0n) is 14.7. The lowest BCUT2D eigenvalue weighted by atomic mass is 10.2. The largest absolute Gasteiger partial charge is 0.441 e. The quantitative estimate of drug-likeness (QED) is 0.536. The van der Waals surface area contributed by atoms with E-state index in [-0.39, 0.29) is 12.3 Å². The molecule has 6 heteroatoms. The van der Waals surface area contributed by atoms with Gasteiger partial charge in [0.25, 0.3) is 0 Å². The molecule has 4 rings (SSSR count). The summed E-state index contributed by atoms with van der Waals surface area (Å²) in [5.74, 6) is 1.00. The van der Waals surface area contributed by atoms with Crippen molar-refractivity contribution in [2.24, 2.45) is 0 Å². The van der Waals surface area contributed by atoms with Crippen LogP contribution in [0.25, 0.3) is 22.7 Å². The van der Waals surface area contributed by atoms with Crippen molar-refractivity contribution in [1.82, 2.24) is 9.97 Å². The van der Waals surface area contributed by atoms with Gasteiger partial charge in [-0.05, 0) is 19.1 Å². The highest BCUT2D eigenvalue weighted by Gasteiger charge is 2.15. The molecule has 0 fully saturated rings. The average Bonchev–Trinajstić information content (AvgIpc) is 3.30. The van der Waals surface area contributed by atoms with Gasteiger partial charge in [-0.15, -0.1) is 11.3 Å². The predicted octanol–water partition coefficient (Wildman–Crippen LogP) is 4.95. The van der Waals surface area contributed by atoms with Crippen molar-refractivity contribution in [1.29, 1.82) is 0 Å². The van der Waals surface area contributed by atoms with Crippen molar-refractivity contribution >= 4 is 22.4 Å². The van der Waals surface area contributed by atoms with Crippen molar-refractivity contribution in [2.75, 3.05) is 5.32 Å². The highest BCUT2D eigenvalue weighted by molar-refractivity contribution is 7.14. The summed E-state index contributed by atoms with van der Waals surface area (Å²) in [5.41, 5.74) is 3.39. The number of oxazole rings is 1. The van der Waals surface area contributed by atoms with E-state index in [1.54, 1.807) is 0 Å². The molecule has 0 aliphatic heterocycles. The van der Waals surface area contributed by atoms with Gasteiger partial charge in [0.2, 0.25) is 11.8 Å². The van der Waals surface area contributed by atoms with Crippen molar-refractivity contribution in [2.45, 2.75) is 13.3 Å². The molecule has 0 unspecified atom stereocenters. The molecule has 0 saturated heterocycles. The highest BCUT2D eigenvalue weighted by atomic mass is 32.1. The van der Waals surface area contributed by atoms with Crippen LogP contribution >= 0.6 is 11.3 Å². The Morgan fingerprint density at radius 3 is 2.37 bits per heavy atom. The van der Waals surface area contributed by atoms with Gasteiger partial charge in [-0.2, -0.15) is 0 Å². The number of thiazole rings is 1. The SMILES string of the molecule is Cc1oc(-c2ccccc2)nc1CC(=O)Nc1nc(-c2ccccc2)cs1. The van der Waals surface area contributed by atoms with E-state index >= 15 is 0 Å². The van der Waals surface area contributed by atoms with Crippen LogP contribution in [0.15, 0.2) is 70.5 Å². The smallest absolute Gasteiger partial charge is 0.232 e. The lowest BCUT2D eigenvalue weighted by molar-refractivity contribution is -0.115. The van der Waals surface area contributed by atoms with Crippen molar-refractivity contribution in [3.8, 4) is 22.7 Å².